The van der Waals surface area contributed by atoms with Crippen molar-refractivity contribution in [1.82, 2.24) is 30.0 Å². The molecule has 1 fully saturated rings. The summed E-state index contributed by atoms with van der Waals surface area (Å²) in [4.78, 5) is 17.1. The van der Waals surface area contributed by atoms with Gasteiger partial charge < -0.3 is 19.5 Å². The van der Waals surface area contributed by atoms with Gasteiger partial charge in [0.05, 0.1) is 17.4 Å². The number of aromatic amines is 2. The molecule has 1 saturated heterocycles. The molecule has 0 bridgehead atoms. The molecule has 5 heterocycles. The van der Waals surface area contributed by atoms with Crippen LogP contribution in [0, 0.1) is 0 Å². The third-order valence-corrected chi connectivity index (χ3v) is 6.88. The summed E-state index contributed by atoms with van der Waals surface area (Å²) in [6, 6.07) is 12.7. The molecular formula is C28H31N7O. The molecule has 0 radical (unpaired) electrons. The number of hydrogen-bond acceptors (Lipinski definition) is 6. The van der Waals surface area contributed by atoms with Crippen molar-refractivity contribution in [2.75, 3.05) is 45.2 Å². The molecule has 5 aromatic rings. The Morgan fingerprint density at radius 3 is 2.72 bits per heavy atom. The lowest BCUT2D eigenvalue weighted by atomic mass is 10.0. The molecule has 8 nitrogen and oxygen atoms in total. The SMILES string of the molecule is CN(C)CCOc1cncc(-c2ccc3[nH]nc(-c4cc5c(N6CCCCC6)ccnc5[nH]4)c3c2)c1. The lowest BCUT2D eigenvalue weighted by Crippen LogP contribution is -2.29. The number of nitrogens with zero attached hydrogens (tertiary/aromatic N) is 5. The van der Waals surface area contributed by atoms with Crippen molar-refractivity contribution in [2.45, 2.75) is 19.3 Å². The molecule has 8 heteroatoms. The van der Waals surface area contributed by atoms with Gasteiger partial charge in [-0.05, 0) is 69.3 Å². The highest BCUT2D eigenvalue weighted by molar-refractivity contribution is 5.99. The number of anilines is 1. The predicted molar refractivity (Wildman–Crippen MR) is 145 cm³/mol. The van der Waals surface area contributed by atoms with E-state index >= 15 is 0 Å². The van der Waals surface area contributed by atoms with Crippen LogP contribution < -0.4 is 9.64 Å². The maximum atomic E-state index is 5.90. The summed E-state index contributed by atoms with van der Waals surface area (Å²) >= 11 is 0. The summed E-state index contributed by atoms with van der Waals surface area (Å²) in [6.07, 6.45) is 9.32. The van der Waals surface area contributed by atoms with E-state index in [1.54, 1.807) is 6.20 Å². The van der Waals surface area contributed by atoms with Crippen molar-refractivity contribution in [3.05, 3.63) is 55.0 Å². The van der Waals surface area contributed by atoms with E-state index in [4.69, 9.17) is 4.74 Å². The second-order valence-electron chi connectivity index (χ2n) is 9.72. The molecule has 4 aromatic heterocycles. The molecular weight excluding hydrogens is 450 g/mol. The van der Waals surface area contributed by atoms with Crippen LogP contribution in [0.4, 0.5) is 5.69 Å². The highest BCUT2D eigenvalue weighted by Gasteiger charge is 2.18. The van der Waals surface area contributed by atoms with Crippen LogP contribution in [-0.4, -0.2) is 70.4 Å². The smallest absolute Gasteiger partial charge is 0.139 e. The van der Waals surface area contributed by atoms with Crippen LogP contribution in [-0.2, 0) is 0 Å². The standard InChI is InChI=1S/C28H31N7O/c1-34(2)12-13-36-21-14-20(17-29-18-21)19-6-7-24-22(15-19)27(33-32-24)25-16-23-26(8-9-30-28(23)31-25)35-10-4-3-5-11-35/h6-9,14-18H,3-5,10-13H2,1-2H3,(H,30,31)(H,32,33). The molecule has 0 atom stereocenters. The molecule has 0 amide bonds. The molecule has 1 aromatic carbocycles. The Kier molecular flexibility index (Phi) is 6.03. The van der Waals surface area contributed by atoms with Gasteiger partial charge in [0.25, 0.3) is 0 Å². The first kappa shape index (κ1) is 22.5. The van der Waals surface area contributed by atoms with Gasteiger partial charge in [-0.2, -0.15) is 5.10 Å². The van der Waals surface area contributed by atoms with E-state index in [0.29, 0.717) is 6.61 Å². The average Bonchev–Trinajstić information content (AvgIpc) is 3.53. The van der Waals surface area contributed by atoms with Crippen LogP contribution in [0.25, 0.3) is 44.5 Å². The third-order valence-electron chi connectivity index (χ3n) is 6.88. The summed E-state index contributed by atoms with van der Waals surface area (Å²) in [5.41, 5.74) is 7.07. The van der Waals surface area contributed by atoms with Gasteiger partial charge in [-0.25, -0.2) is 4.98 Å². The largest absolute Gasteiger partial charge is 0.491 e. The van der Waals surface area contributed by atoms with Gasteiger partial charge >= 0.3 is 0 Å². The second kappa shape index (κ2) is 9.62. The Morgan fingerprint density at radius 1 is 0.972 bits per heavy atom. The van der Waals surface area contributed by atoms with Gasteiger partial charge in [0.15, 0.2) is 0 Å². The molecule has 1 aliphatic rings. The number of likely N-dealkylation sites (N-methyl/N-ethyl adjacent to an activating group) is 1. The zero-order chi connectivity index (χ0) is 24.5. The fourth-order valence-corrected chi connectivity index (χ4v) is 4.95. The van der Waals surface area contributed by atoms with Crippen LogP contribution in [0.2, 0.25) is 0 Å². The first-order valence-electron chi connectivity index (χ1n) is 12.6. The van der Waals surface area contributed by atoms with Crippen LogP contribution in [0.1, 0.15) is 19.3 Å². The van der Waals surface area contributed by atoms with E-state index in [0.717, 1.165) is 69.8 Å². The van der Waals surface area contributed by atoms with E-state index in [1.807, 2.05) is 32.6 Å². The Balaban J connectivity index is 1.34. The predicted octanol–water partition coefficient (Wildman–Crippen LogP) is 5.10. The minimum Gasteiger partial charge on any atom is -0.491 e. The fraction of sp³-hybridized carbons (Fsp3) is 0.321. The molecule has 2 N–H and O–H groups in total. The number of hydrogen-bond donors (Lipinski definition) is 2. The highest BCUT2D eigenvalue weighted by Crippen LogP contribution is 2.35. The summed E-state index contributed by atoms with van der Waals surface area (Å²) in [6.45, 7) is 3.67. The van der Waals surface area contributed by atoms with Crippen LogP contribution >= 0.6 is 0 Å². The molecule has 36 heavy (non-hydrogen) atoms. The fourth-order valence-electron chi connectivity index (χ4n) is 4.95. The van der Waals surface area contributed by atoms with Crippen molar-refractivity contribution in [3.8, 4) is 28.3 Å². The molecule has 0 saturated carbocycles. The topological polar surface area (TPSA) is 86.0 Å². The van der Waals surface area contributed by atoms with E-state index in [1.165, 1.54) is 24.9 Å². The zero-order valence-corrected chi connectivity index (χ0v) is 20.8. The monoisotopic (exact) mass is 481 g/mol. The normalized spacial score (nSPS) is 14.2. The van der Waals surface area contributed by atoms with Crippen molar-refractivity contribution >= 4 is 27.6 Å². The first-order valence-corrected chi connectivity index (χ1v) is 12.6. The number of ether oxygens (including phenoxy) is 1. The first-order chi connectivity index (χ1) is 17.7. The molecule has 0 unspecified atom stereocenters. The van der Waals surface area contributed by atoms with E-state index in [9.17, 15) is 0 Å². The lowest BCUT2D eigenvalue weighted by Gasteiger charge is -2.29. The summed E-state index contributed by atoms with van der Waals surface area (Å²) < 4.78 is 5.90. The number of pyridine rings is 2. The van der Waals surface area contributed by atoms with Gasteiger partial charge in [0.2, 0.25) is 0 Å². The molecule has 184 valence electrons. The van der Waals surface area contributed by atoms with Crippen molar-refractivity contribution in [2.24, 2.45) is 0 Å². The van der Waals surface area contributed by atoms with Crippen LogP contribution in [0.5, 0.6) is 5.75 Å². The minimum absolute atomic E-state index is 0.622. The number of H-pyrrole nitrogens is 2. The summed E-state index contributed by atoms with van der Waals surface area (Å²) in [5, 5.41) is 10.1. The highest BCUT2D eigenvalue weighted by atomic mass is 16.5. The van der Waals surface area contributed by atoms with Gasteiger partial charge in [0.1, 0.15) is 23.7 Å². The van der Waals surface area contributed by atoms with E-state index < -0.39 is 0 Å². The van der Waals surface area contributed by atoms with Crippen molar-refractivity contribution < 1.29 is 4.74 Å². The van der Waals surface area contributed by atoms with Gasteiger partial charge in [-0.15, -0.1) is 0 Å². The Bertz CT molecular complexity index is 1500. The number of rotatable bonds is 7. The zero-order valence-electron chi connectivity index (χ0n) is 20.8. The van der Waals surface area contributed by atoms with Gasteiger partial charge in [-0.1, -0.05) is 6.07 Å². The second-order valence-corrected chi connectivity index (χ2v) is 9.72. The Morgan fingerprint density at radius 2 is 1.86 bits per heavy atom. The van der Waals surface area contributed by atoms with E-state index in [-0.39, 0.29) is 0 Å². The Labute approximate surface area is 210 Å². The molecule has 0 aliphatic carbocycles. The summed E-state index contributed by atoms with van der Waals surface area (Å²) in [7, 11) is 4.07. The lowest BCUT2D eigenvalue weighted by molar-refractivity contribution is 0.261. The van der Waals surface area contributed by atoms with Gasteiger partial charge in [-0.3, -0.25) is 10.1 Å². The third kappa shape index (κ3) is 4.40. The quantitative estimate of drug-likeness (QED) is 0.336. The average molecular weight is 482 g/mol. The van der Waals surface area contributed by atoms with E-state index in [2.05, 4.69) is 65.3 Å². The number of piperidine rings is 1. The minimum atomic E-state index is 0.622. The summed E-state index contributed by atoms with van der Waals surface area (Å²) in [5.74, 6) is 0.772. The number of benzene rings is 1. The molecule has 0 spiro atoms. The van der Waals surface area contributed by atoms with Crippen LogP contribution in [0.3, 0.4) is 0 Å². The maximum absolute atomic E-state index is 5.90. The maximum Gasteiger partial charge on any atom is 0.139 e. The number of fused-ring (bicyclic) bond motifs is 2. The van der Waals surface area contributed by atoms with Crippen molar-refractivity contribution in [1.29, 1.82) is 0 Å². The van der Waals surface area contributed by atoms with Crippen molar-refractivity contribution in [3.63, 3.8) is 0 Å². The number of aromatic nitrogens is 5. The number of nitrogens with one attached hydrogen (secondary N) is 2. The Hall–Kier alpha value is -3.91. The molecule has 1 aliphatic heterocycles. The van der Waals surface area contributed by atoms with Gasteiger partial charge in [0, 0.05) is 54.1 Å². The van der Waals surface area contributed by atoms with Crippen LogP contribution in [0.15, 0.2) is 55.0 Å². The molecule has 6 rings (SSSR count).